The summed E-state index contributed by atoms with van der Waals surface area (Å²) in [7, 11) is 0. The van der Waals surface area contributed by atoms with Gasteiger partial charge in [0.15, 0.2) is 0 Å². The monoisotopic (exact) mass is 247 g/mol. The SMILES string of the molecule is NCc1cc(CN2CCOC3CCCC32)ccn1. The lowest BCUT2D eigenvalue weighted by atomic mass is 10.1. The fourth-order valence-corrected chi connectivity index (χ4v) is 3.17. The molecule has 3 rings (SSSR count). The lowest BCUT2D eigenvalue weighted by Crippen LogP contribution is -2.47. The highest BCUT2D eigenvalue weighted by atomic mass is 16.5. The van der Waals surface area contributed by atoms with Gasteiger partial charge in [-0.15, -0.1) is 0 Å². The molecule has 4 nitrogen and oxygen atoms in total. The summed E-state index contributed by atoms with van der Waals surface area (Å²) in [5.74, 6) is 0. The molecule has 0 spiro atoms. The van der Waals surface area contributed by atoms with Crippen LogP contribution in [-0.4, -0.2) is 35.2 Å². The standard InChI is InChI=1S/C14H21N3O/c15-9-12-8-11(4-5-16-12)10-17-6-7-18-14-3-1-2-13(14)17/h4-5,8,13-14H,1-3,6-7,9-10,15H2. The van der Waals surface area contributed by atoms with Crippen LogP contribution in [0.3, 0.4) is 0 Å². The first-order valence-electron chi connectivity index (χ1n) is 6.86. The zero-order chi connectivity index (χ0) is 12.4. The maximum atomic E-state index is 5.84. The zero-order valence-corrected chi connectivity index (χ0v) is 10.7. The van der Waals surface area contributed by atoms with Crippen molar-refractivity contribution in [3.05, 3.63) is 29.6 Å². The smallest absolute Gasteiger partial charge is 0.0731 e. The fraction of sp³-hybridized carbons (Fsp3) is 0.643. The number of hydrogen-bond donors (Lipinski definition) is 1. The molecule has 2 heterocycles. The van der Waals surface area contributed by atoms with Crippen LogP contribution in [-0.2, 0) is 17.8 Å². The van der Waals surface area contributed by atoms with Gasteiger partial charge in [0, 0.05) is 31.9 Å². The number of aromatic nitrogens is 1. The second kappa shape index (κ2) is 5.34. The number of hydrogen-bond acceptors (Lipinski definition) is 4. The molecule has 0 bridgehead atoms. The van der Waals surface area contributed by atoms with Gasteiger partial charge in [-0.05, 0) is 37.0 Å². The van der Waals surface area contributed by atoms with Gasteiger partial charge in [-0.2, -0.15) is 0 Å². The fourth-order valence-electron chi connectivity index (χ4n) is 3.17. The highest BCUT2D eigenvalue weighted by Gasteiger charge is 2.35. The van der Waals surface area contributed by atoms with Crippen LogP contribution >= 0.6 is 0 Å². The van der Waals surface area contributed by atoms with Crippen molar-refractivity contribution in [2.75, 3.05) is 13.2 Å². The van der Waals surface area contributed by atoms with E-state index in [0.29, 0.717) is 18.7 Å². The molecule has 1 aliphatic heterocycles. The average Bonchev–Trinajstić information content (AvgIpc) is 2.88. The summed E-state index contributed by atoms with van der Waals surface area (Å²) < 4.78 is 5.84. The van der Waals surface area contributed by atoms with Crippen LogP contribution in [0.25, 0.3) is 0 Å². The minimum absolute atomic E-state index is 0.467. The van der Waals surface area contributed by atoms with Crippen molar-refractivity contribution in [1.29, 1.82) is 0 Å². The number of rotatable bonds is 3. The Morgan fingerprint density at radius 3 is 3.28 bits per heavy atom. The first-order valence-corrected chi connectivity index (χ1v) is 6.86. The lowest BCUT2D eigenvalue weighted by Gasteiger charge is -2.37. The quantitative estimate of drug-likeness (QED) is 0.874. The van der Waals surface area contributed by atoms with E-state index in [0.717, 1.165) is 25.4 Å². The summed E-state index contributed by atoms with van der Waals surface area (Å²) in [5.41, 5.74) is 7.93. The Balaban J connectivity index is 1.70. The van der Waals surface area contributed by atoms with Crippen LogP contribution in [0.2, 0.25) is 0 Å². The maximum Gasteiger partial charge on any atom is 0.0731 e. The molecule has 1 aromatic heterocycles. The third kappa shape index (κ3) is 2.41. The average molecular weight is 247 g/mol. The predicted molar refractivity (Wildman–Crippen MR) is 69.9 cm³/mol. The third-order valence-corrected chi connectivity index (χ3v) is 4.07. The number of ether oxygens (including phenoxy) is 1. The van der Waals surface area contributed by atoms with Crippen molar-refractivity contribution < 1.29 is 4.74 Å². The normalized spacial score (nSPS) is 28.3. The molecule has 2 aliphatic rings. The van der Waals surface area contributed by atoms with Gasteiger partial charge in [-0.1, -0.05) is 0 Å². The van der Waals surface area contributed by atoms with Gasteiger partial charge in [0.05, 0.1) is 18.4 Å². The van der Waals surface area contributed by atoms with Crippen molar-refractivity contribution in [3.8, 4) is 0 Å². The molecule has 18 heavy (non-hydrogen) atoms. The molecular weight excluding hydrogens is 226 g/mol. The summed E-state index contributed by atoms with van der Waals surface area (Å²) in [4.78, 5) is 6.82. The van der Waals surface area contributed by atoms with E-state index in [9.17, 15) is 0 Å². The molecule has 2 atom stereocenters. The topological polar surface area (TPSA) is 51.4 Å². The minimum atomic E-state index is 0.467. The molecule has 2 fully saturated rings. The lowest BCUT2D eigenvalue weighted by molar-refractivity contribution is -0.0588. The van der Waals surface area contributed by atoms with Crippen LogP contribution in [0.15, 0.2) is 18.3 Å². The predicted octanol–water partition coefficient (Wildman–Crippen LogP) is 1.29. The molecule has 1 saturated carbocycles. The maximum absolute atomic E-state index is 5.84. The number of nitrogens with zero attached hydrogens (tertiary/aromatic N) is 2. The molecule has 4 heteroatoms. The Morgan fingerprint density at radius 1 is 1.44 bits per heavy atom. The van der Waals surface area contributed by atoms with Crippen molar-refractivity contribution >= 4 is 0 Å². The Kier molecular flexibility index (Phi) is 3.59. The number of pyridine rings is 1. The van der Waals surface area contributed by atoms with E-state index in [1.54, 1.807) is 0 Å². The molecular formula is C14H21N3O. The Morgan fingerprint density at radius 2 is 2.39 bits per heavy atom. The summed E-state index contributed by atoms with van der Waals surface area (Å²) in [6.07, 6.45) is 6.14. The van der Waals surface area contributed by atoms with E-state index in [2.05, 4.69) is 22.0 Å². The molecule has 1 aromatic rings. The highest BCUT2D eigenvalue weighted by Crippen LogP contribution is 2.30. The number of morpholine rings is 1. The van der Waals surface area contributed by atoms with Crippen molar-refractivity contribution in [2.24, 2.45) is 5.73 Å². The van der Waals surface area contributed by atoms with E-state index in [4.69, 9.17) is 10.5 Å². The molecule has 0 aromatic carbocycles. The highest BCUT2D eigenvalue weighted by molar-refractivity contribution is 5.16. The van der Waals surface area contributed by atoms with Crippen molar-refractivity contribution in [3.63, 3.8) is 0 Å². The molecule has 0 amide bonds. The van der Waals surface area contributed by atoms with Crippen LogP contribution in [0.5, 0.6) is 0 Å². The first-order chi connectivity index (χ1) is 8.86. The minimum Gasteiger partial charge on any atom is -0.375 e. The van der Waals surface area contributed by atoms with Gasteiger partial charge in [0.2, 0.25) is 0 Å². The summed E-state index contributed by atoms with van der Waals surface area (Å²) in [6.45, 7) is 3.43. The zero-order valence-electron chi connectivity index (χ0n) is 10.7. The van der Waals surface area contributed by atoms with E-state index >= 15 is 0 Å². The molecule has 98 valence electrons. The van der Waals surface area contributed by atoms with Crippen LogP contribution in [0, 0.1) is 0 Å². The van der Waals surface area contributed by atoms with Gasteiger partial charge < -0.3 is 10.5 Å². The van der Waals surface area contributed by atoms with Crippen molar-refractivity contribution in [2.45, 2.75) is 44.5 Å². The van der Waals surface area contributed by atoms with E-state index in [1.807, 2.05) is 6.20 Å². The van der Waals surface area contributed by atoms with E-state index < -0.39 is 0 Å². The number of nitrogens with two attached hydrogens (primary N) is 1. The Bertz CT molecular complexity index is 410. The summed E-state index contributed by atoms with van der Waals surface area (Å²) in [5, 5.41) is 0. The van der Waals surface area contributed by atoms with Gasteiger partial charge in [-0.25, -0.2) is 0 Å². The molecule has 2 N–H and O–H groups in total. The van der Waals surface area contributed by atoms with E-state index in [-0.39, 0.29) is 0 Å². The van der Waals surface area contributed by atoms with Crippen LogP contribution < -0.4 is 5.73 Å². The Hall–Kier alpha value is -0.970. The third-order valence-electron chi connectivity index (χ3n) is 4.07. The van der Waals surface area contributed by atoms with Gasteiger partial charge >= 0.3 is 0 Å². The van der Waals surface area contributed by atoms with Crippen LogP contribution in [0.4, 0.5) is 0 Å². The molecule has 0 radical (unpaired) electrons. The van der Waals surface area contributed by atoms with E-state index in [1.165, 1.54) is 24.8 Å². The first kappa shape index (κ1) is 12.1. The van der Waals surface area contributed by atoms with Gasteiger partial charge in [0.25, 0.3) is 0 Å². The summed E-state index contributed by atoms with van der Waals surface area (Å²) in [6, 6.07) is 4.84. The van der Waals surface area contributed by atoms with Gasteiger partial charge in [-0.3, -0.25) is 9.88 Å². The Labute approximate surface area is 108 Å². The molecule has 1 aliphatic carbocycles. The van der Waals surface area contributed by atoms with Crippen LogP contribution in [0.1, 0.15) is 30.5 Å². The largest absolute Gasteiger partial charge is 0.375 e. The second-order valence-electron chi connectivity index (χ2n) is 5.24. The second-order valence-corrected chi connectivity index (χ2v) is 5.24. The molecule has 2 unspecified atom stereocenters. The van der Waals surface area contributed by atoms with Gasteiger partial charge in [0.1, 0.15) is 0 Å². The molecule has 1 saturated heterocycles. The van der Waals surface area contributed by atoms with Crippen molar-refractivity contribution in [1.82, 2.24) is 9.88 Å². The summed E-state index contributed by atoms with van der Waals surface area (Å²) >= 11 is 0. The number of fused-ring (bicyclic) bond motifs is 1.